The van der Waals surface area contributed by atoms with E-state index in [1.165, 1.54) is 6.07 Å². The van der Waals surface area contributed by atoms with Crippen LogP contribution in [0.1, 0.15) is 49.3 Å². The van der Waals surface area contributed by atoms with E-state index in [-0.39, 0.29) is 11.7 Å². The summed E-state index contributed by atoms with van der Waals surface area (Å²) in [4.78, 5) is 0. The molecule has 1 aromatic rings. The lowest BCUT2D eigenvalue weighted by Crippen LogP contribution is -2.19. The monoisotopic (exact) mass is 270 g/mol. The Morgan fingerprint density at radius 2 is 2.11 bits per heavy atom. The maximum absolute atomic E-state index is 13.6. The highest BCUT2D eigenvalue weighted by molar-refractivity contribution is 5.27. The van der Waals surface area contributed by atoms with Crippen molar-refractivity contribution in [3.63, 3.8) is 0 Å². The zero-order valence-corrected chi connectivity index (χ0v) is 11.2. The summed E-state index contributed by atoms with van der Waals surface area (Å²) in [5, 5.41) is 10.0. The van der Waals surface area contributed by atoms with Gasteiger partial charge in [0, 0.05) is 18.2 Å². The van der Waals surface area contributed by atoms with Gasteiger partial charge in [-0.1, -0.05) is 0 Å². The summed E-state index contributed by atoms with van der Waals surface area (Å²) in [6.45, 7) is 2.33. The zero-order valence-electron chi connectivity index (χ0n) is 11.2. The summed E-state index contributed by atoms with van der Waals surface area (Å²) < 4.78 is 32.3. The minimum atomic E-state index is -0.898. The van der Waals surface area contributed by atoms with Crippen LogP contribution in [0.15, 0.2) is 12.1 Å². The minimum absolute atomic E-state index is 0.160. The fourth-order valence-electron chi connectivity index (χ4n) is 2.47. The van der Waals surface area contributed by atoms with E-state index in [1.807, 2.05) is 0 Å². The molecule has 19 heavy (non-hydrogen) atoms. The Kier molecular flexibility index (Phi) is 4.88. The summed E-state index contributed by atoms with van der Waals surface area (Å²) in [5.41, 5.74) is 0.527. The number of halogens is 2. The van der Waals surface area contributed by atoms with Crippen molar-refractivity contribution in [2.75, 3.05) is 6.61 Å². The van der Waals surface area contributed by atoms with Crippen LogP contribution in [0.4, 0.5) is 8.78 Å². The van der Waals surface area contributed by atoms with Gasteiger partial charge in [0.1, 0.15) is 11.6 Å². The van der Waals surface area contributed by atoms with Crippen LogP contribution in [0, 0.1) is 18.6 Å². The highest BCUT2D eigenvalue weighted by atomic mass is 19.1. The molecule has 2 unspecified atom stereocenters. The molecule has 1 saturated heterocycles. The van der Waals surface area contributed by atoms with E-state index < -0.39 is 17.7 Å². The average Bonchev–Trinajstić information content (AvgIpc) is 2.41. The second-order valence-corrected chi connectivity index (χ2v) is 5.20. The molecule has 0 aromatic heterocycles. The van der Waals surface area contributed by atoms with Crippen molar-refractivity contribution in [1.29, 1.82) is 0 Å². The van der Waals surface area contributed by atoms with E-state index in [2.05, 4.69) is 0 Å². The number of rotatable bonds is 4. The maximum atomic E-state index is 13.6. The zero-order chi connectivity index (χ0) is 13.8. The summed E-state index contributed by atoms with van der Waals surface area (Å²) in [5.74, 6) is -1.26. The standard InChI is InChI=1S/C15H20F2O2/c1-10-8-12(14(17)9-13(10)16)15(18)6-5-11-4-2-3-7-19-11/h8-9,11,15,18H,2-7H2,1H3. The fraction of sp³-hybridized carbons (Fsp3) is 0.600. The second-order valence-electron chi connectivity index (χ2n) is 5.20. The maximum Gasteiger partial charge on any atom is 0.131 e. The van der Waals surface area contributed by atoms with Gasteiger partial charge in [0.25, 0.3) is 0 Å². The summed E-state index contributed by atoms with van der Waals surface area (Å²) >= 11 is 0. The highest BCUT2D eigenvalue weighted by Crippen LogP contribution is 2.26. The third kappa shape index (κ3) is 3.74. The van der Waals surface area contributed by atoms with Crippen LogP contribution >= 0.6 is 0 Å². The van der Waals surface area contributed by atoms with Gasteiger partial charge in [-0.3, -0.25) is 0 Å². The molecule has 106 valence electrons. The normalized spacial score (nSPS) is 21.4. The first-order valence-electron chi connectivity index (χ1n) is 6.83. The van der Waals surface area contributed by atoms with Gasteiger partial charge in [-0.05, 0) is 50.7 Å². The Morgan fingerprint density at radius 1 is 1.32 bits per heavy atom. The van der Waals surface area contributed by atoms with Crippen LogP contribution in [0.2, 0.25) is 0 Å². The Bertz CT molecular complexity index is 428. The second kappa shape index (κ2) is 6.44. The minimum Gasteiger partial charge on any atom is -0.388 e. The first-order valence-corrected chi connectivity index (χ1v) is 6.83. The van der Waals surface area contributed by atoms with Crippen molar-refractivity contribution in [2.24, 2.45) is 0 Å². The molecule has 1 aliphatic heterocycles. The molecule has 4 heteroatoms. The number of hydrogen-bond acceptors (Lipinski definition) is 2. The van der Waals surface area contributed by atoms with Crippen LogP contribution in [0.3, 0.4) is 0 Å². The molecule has 1 N–H and O–H groups in total. The van der Waals surface area contributed by atoms with Gasteiger partial charge in [-0.2, -0.15) is 0 Å². The van der Waals surface area contributed by atoms with Crippen molar-refractivity contribution in [2.45, 2.75) is 51.2 Å². The molecule has 0 bridgehead atoms. The van der Waals surface area contributed by atoms with E-state index in [4.69, 9.17) is 4.74 Å². The molecule has 1 heterocycles. The molecule has 0 radical (unpaired) electrons. The largest absolute Gasteiger partial charge is 0.388 e. The average molecular weight is 270 g/mol. The van der Waals surface area contributed by atoms with Crippen LogP contribution < -0.4 is 0 Å². The molecule has 0 amide bonds. The summed E-state index contributed by atoms with van der Waals surface area (Å²) in [7, 11) is 0. The quantitative estimate of drug-likeness (QED) is 0.904. The lowest BCUT2D eigenvalue weighted by atomic mass is 9.98. The predicted octanol–water partition coefficient (Wildman–Crippen LogP) is 3.66. The lowest BCUT2D eigenvalue weighted by molar-refractivity contribution is 0.00189. The SMILES string of the molecule is Cc1cc(C(O)CCC2CCCCO2)c(F)cc1F. The van der Waals surface area contributed by atoms with Gasteiger partial charge in [-0.25, -0.2) is 8.78 Å². The molecule has 2 atom stereocenters. The van der Waals surface area contributed by atoms with Gasteiger partial charge >= 0.3 is 0 Å². The number of hydrogen-bond donors (Lipinski definition) is 1. The van der Waals surface area contributed by atoms with Crippen molar-refractivity contribution >= 4 is 0 Å². The van der Waals surface area contributed by atoms with Crippen LogP contribution in [-0.2, 0) is 4.74 Å². The van der Waals surface area contributed by atoms with E-state index in [1.54, 1.807) is 6.92 Å². The topological polar surface area (TPSA) is 29.5 Å². The van der Waals surface area contributed by atoms with Crippen molar-refractivity contribution < 1.29 is 18.6 Å². The number of aliphatic hydroxyl groups is 1. The Labute approximate surface area is 112 Å². The van der Waals surface area contributed by atoms with Gasteiger partial charge in [0.15, 0.2) is 0 Å². The van der Waals surface area contributed by atoms with Crippen LogP contribution in [0.25, 0.3) is 0 Å². The molecule has 2 rings (SSSR count). The van der Waals surface area contributed by atoms with Gasteiger partial charge in [-0.15, -0.1) is 0 Å². The van der Waals surface area contributed by atoms with E-state index in [0.29, 0.717) is 18.4 Å². The van der Waals surface area contributed by atoms with Crippen molar-refractivity contribution in [3.05, 3.63) is 34.9 Å². The van der Waals surface area contributed by atoms with E-state index in [0.717, 1.165) is 31.9 Å². The van der Waals surface area contributed by atoms with Crippen molar-refractivity contribution in [1.82, 2.24) is 0 Å². The Balaban J connectivity index is 1.95. The molecule has 0 saturated carbocycles. The number of benzene rings is 1. The molecule has 1 aromatic carbocycles. The fourth-order valence-corrected chi connectivity index (χ4v) is 2.47. The van der Waals surface area contributed by atoms with Crippen LogP contribution in [-0.4, -0.2) is 17.8 Å². The highest BCUT2D eigenvalue weighted by Gasteiger charge is 2.19. The Morgan fingerprint density at radius 3 is 2.79 bits per heavy atom. The number of aliphatic hydroxyl groups excluding tert-OH is 1. The van der Waals surface area contributed by atoms with E-state index >= 15 is 0 Å². The third-order valence-electron chi connectivity index (χ3n) is 3.67. The van der Waals surface area contributed by atoms with Gasteiger partial charge < -0.3 is 9.84 Å². The first-order chi connectivity index (χ1) is 9.08. The lowest BCUT2D eigenvalue weighted by Gasteiger charge is -2.23. The molecule has 1 aliphatic rings. The Hall–Kier alpha value is -1.00. The molecular formula is C15H20F2O2. The van der Waals surface area contributed by atoms with Gasteiger partial charge in [0.05, 0.1) is 12.2 Å². The van der Waals surface area contributed by atoms with Crippen LogP contribution in [0.5, 0.6) is 0 Å². The molecule has 0 aliphatic carbocycles. The smallest absolute Gasteiger partial charge is 0.131 e. The molecule has 2 nitrogen and oxygen atoms in total. The van der Waals surface area contributed by atoms with Crippen molar-refractivity contribution in [3.8, 4) is 0 Å². The first kappa shape index (κ1) is 14.4. The summed E-state index contributed by atoms with van der Waals surface area (Å²) in [6, 6.07) is 2.22. The predicted molar refractivity (Wildman–Crippen MR) is 68.9 cm³/mol. The number of aryl methyl sites for hydroxylation is 1. The third-order valence-corrected chi connectivity index (χ3v) is 3.67. The summed E-state index contributed by atoms with van der Waals surface area (Å²) in [6.07, 6.45) is 3.63. The molecular weight excluding hydrogens is 250 g/mol. The molecule has 1 fully saturated rings. The number of ether oxygens (including phenoxy) is 1. The van der Waals surface area contributed by atoms with E-state index in [9.17, 15) is 13.9 Å². The van der Waals surface area contributed by atoms with Gasteiger partial charge in [0.2, 0.25) is 0 Å². The molecule has 0 spiro atoms.